The van der Waals surface area contributed by atoms with Gasteiger partial charge in [0.15, 0.2) is 0 Å². The molecule has 0 radical (unpaired) electrons. The van der Waals surface area contributed by atoms with Gasteiger partial charge in [0.05, 0.1) is 0 Å². The van der Waals surface area contributed by atoms with Crippen LogP contribution in [0, 0.1) is 0 Å². The Hall–Kier alpha value is -1.35. The van der Waals surface area contributed by atoms with Crippen LogP contribution in [0.2, 0.25) is 0 Å². The number of anilines is 1. The van der Waals surface area contributed by atoms with E-state index in [1.807, 2.05) is 24.3 Å². The van der Waals surface area contributed by atoms with Crippen LogP contribution in [-0.4, -0.2) is 37.4 Å². The van der Waals surface area contributed by atoms with Crippen molar-refractivity contribution < 1.29 is 4.79 Å². The summed E-state index contributed by atoms with van der Waals surface area (Å²) in [6.45, 7) is 8.71. The number of nitrogens with zero attached hydrogens (tertiary/aromatic N) is 1. The average molecular weight is 234 g/mol. The number of hydrogen-bond donors (Lipinski definition) is 1. The zero-order chi connectivity index (χ0) is 12.5. The van der Waals surface area contributed by atoms with Gasteiger partial charge in [-0.3, -0.25) is 4.79 Å². The minimum atomic E-state index is 0.721. The zero-order valence-electron chi connectivity index (χ0n) is 10.8. The second kappa shape index (κ2) is 7.85. The number of hydrogen-bond acceptors (Lipinski definition) is 3. The van der Waals surface area contributed by atoms with Crippen LogP contribution in [0.4, 0.5) is 5.69 Å². The van der Waals surface area contributed by atoms with Gasteiger partial charge in [-0.1, -0.05) is 13.8 Å². The summed E-state index contributed by atoms with van der Waals surface area (Å²) in [7, 11) is 0. The first-order valence-corrected chi connectivity index (χ1v) is 6.31. The van der Waals surface area contributed by atoms with Crippen molar-refractivity contribution in [2.24, 2.45) is 0 Å². The minimum Gasteiger partial charge on any atom is -0.385 e. The second-order valence-corrected chi connectivity index (χ2v) is 4.05. The number of rotatable bonds is 8. The summed E-state index contributed by atoms with van der Waals surface area (Å²) in [6, 6.07) is 7.56. The molecule has 3 nitrogen and oxygen atoms in total. The van der Waals surface area contributed by atoms with Gasteiger partial charge < -0.3 is 10.2 Å². The molecule has 0 unspecified atom stereocenters. The van der Waals surface area contributed by atoms with Crippen molar-refractivity contribution in [1.82, 2.24) is 4.90 Å². The third kappa shape index (κ3) is 5.00. The predicted octanol–water partition coefficient (Wildman–Crippen LogP) is 2.64. The SMILES string of the molecule is CCN(CC)CCCNc1ccc(C=O)cc1. The quantitative estimate of drug-likeness (QED) is 0.554. The third-order valence-corrected chi connectivity index (χ3v) is 2.92. The molecule has 0 bridgehead atoms. The first-order chi connectivity index (χ1) is 8.30. The fraction of sp³-hybridized carbons (Fsp3) is 0.500. The van der Waals surface area contributed by atoms with Gasteiger partial charge >= 0.3 is 0 Å². The van der Waals surface area contributed by atoms with E-state index in [9.17, 15) is 4.79 Å². The van der Waals surface area contributed by atoms with Gasteiger partial charge in [0, 0.05) is 17.8 Å². The summed E-state index contributed by atoms with van der Waals surface area (Å²) in [6.07, 6.45) is 2.00. The molecule has 17 heavy (non-hydrogen) atoms. The molecule has 0 spiro atoms. The smallest absolute Gasteiger partial charge is 0.150 e. The van der Waals surface area contributed by atoms with Crippen molar-refractivity contribution in [1.29, 1.82) is 0 Å². The average Bonchev–Trinajstić information content (AvgIpc) is 2.40. The van der Waals surface area contributed by atoms with Crippen molar-refractivity contribution in [3.8, 4) is 0 Å². The predicted molar refractivity (Wildman–Crippen MR) is 72.7 cm³/mol. The Labute approximate surface area is 104 Å². The topological polar surface area (TPSA) is 32.3 Å². The molecule has 94 valence electrons. The molecule has 1 aromatic rings. The Balaban J connectivity index is 2.23. The van der Waals surface area contributed by atoms with Crippen molar-refractivity contribution in [2.75, 3.05) is 31.5 Å². The van der Waals surface area contributed by atoms with Crippen molar-refractivity contribution in [3.05, 3.63) is 29.8 Å². The Morgan fingerprint density at radius 2 is 1.82 bits per heavy atom. The van der Waals surface area contributed by atoms with Crippen LogP contribution in [0.1, 0.15) is 30.6 Å². The van der Waals surface area contributed by atoms with Crippen LogP contribution in [-0.2, 0) is 0 Å². The lowest BCUT2D eigenvalue weighted by Crippen LogP contribution is -2.25. The van der Waals surface area contributed by atoms with E-state index >= 15 is 0 Å². The summed E-state index contributed by atoms with van der Waals surface area (Å²) >= 11 is 0. The van der Waals surface area contributed by atoms with Crippen LogP contribution in [0.3, 0.4) is 0 Å². The second-order valence-electron chi connectivity index (χ2n) is 4.05. The molecule has 0 fully saturated rings. The maximum atomic E-state index is 10.5. The van der Waals surface area contributed by atoms with E-state index in [0.717, 1.165) is 50.1 Å². The van der Waals surface area contributed by atoms with E-state index in [2.05, 4.69) is 24.1 Å². The number of nitrogens with one attached hydrogen (secondary N) is 1. The largest absolute Gasteiger partial charge is 0.385 e. The Morgan fingerprint density at radius 3 is 2.35 bits per heavy atom. The number of carbonyl (C=O) groups is 1. The lowest BCUT2D eigenvalue weighted by molar-refractivity contribution is 0.112. The molecule has 3 heteroatoms. The highest BCUT2D eigenvalue weighted by molar-refractivity contribution is 5.75. The van der Waals surface area contributed by atoms with Gasteiger partial charge in [0.2, 0.25) is 0 Å². The zero-order valence-corrected chi connectivity index (χ0v) is 10.8. The fourth-order valence-corrected chi connectivity index (χ4v) is 1.75. The summed E-state index contributed by atoms with van der Waals surface area (Å²) in [5.74, 6) is 0. The Morgan fingerprint density at radius 1 is 1.18 bits per heavy atom. The van der Waals surface area contributed by atoms with Gasteiger partial charge in [0.25, 0.3) is 0 Å². The molecule has 0 amide bonds. The number of aldehydes is 1. The maximum Gasteiger partial charge on any atom is 0.150 e. The fourth-order valence-electron chi connectivity index (χ4n) is 1.75. The van der Waals surface area contributed by atoms with Crippen LogP contribution >= 0.6 is 0 Å². The van der Waals surface area contributed by atoms with Crippen molar-refractivity contribution >= 4 is 12.0 Å². The van der Waals surface area contributed by atoms with Gasteiger partial charge in [0.1, 0.15) is 6.29 Å². The highest BCUT2D eigenvalue weighted by Crippen LogP contribution is 2.07. The van der Waals surface area contributed by atoms with Crippen molar-refractivity contribution in [3.63, 3.8) is 0 Å². The molecule has 1 N–H and O–H groups in total. The molecule has 1 rings (SSSR count). The van der Waals surface area contributed by atoms with Crippen LogP contribution in [0.5, 0.6) is 0 Å². The monoisotopic (exact) mass is 234 g/mol. The first-order valence-electron chi connectivity index (χ1n) is 6.31. The Bertz CT molecular complexity index is 317. The maximum absolute atomic E-state index is 10.5. The van der Waals surface area contributed by atoms with Gasteiger partial charge in [-0.25, -0.2) is 0 Å². The molecule has 1 aromatic carbocycles. The number of carbonyl (C=O) groups excluding carboxylic acids is 1. The van der Waals surface area contributed by atoms with E-state index in [4.69, 9.17) is 0 Å². The highest BCUT2D eigenvalue weighted by Gasteiger charge is 1.98. The summed E-state index contributed by atoms with van der Waals surface area (Å²) in [5.41, 5.74) is 1.80. The summed E-state index contributed by atoms with van der Waals surface area (Å²) < 4.78 is 0. The first kappa shape index (κ1) is 13.7. The molecule has 0 aromatic heterocycles. The van der Waals surface area contributed by atoms with Gasteiger partial charge in [-0.15, -0.1) is 0 Å². The van der Waals surface area contributed by atoms with E-state index in [-0.39, 0.29) is 0 Å². The molecule has 0 aliphatic heterocycles. The van der Waals surface area contributed by atoms with E-state index in [0.29, 0.717) is 0 Å². The molecular weight excluding hydrogens is 212 g/mol. The highest BCUT2D eigenvalue weighted by atomic mass is 16.1. The lowest BCUT2D eigenvalue weighted by atomic mass is 10.2. The lowest BCUT2D eigenvalue weighted by Gasteiger charge is -2.17. The van der Waals surface area contributed by atoms with Gasteiger partial charge in [-0.2, -0.15) is 0 Å². The summed E-state index contributed by atoms with van der Waals surface area (Å²) in [4.78, 5) is 12.9. The van der Waals surface area contributed by atoms with Crippen molar-refractivity contribution in [2.45, 2.75) is 20.3 Å². The van der Waals surface area contributed by atoms with Crippen LogP contribution in [0.15, 0.2) is 24.3 Å². The van der Waals surface area contributed by atoms with Gasteiger partial charge in [-0.05, 0) is 50.3 Å². The van der Waals surface area contributed by atoms with E-state index < -0.39 is 0 Å². The van der Waals surface area contributed by atoms with Crippen LogP contribution in [0.25, 0.3) is 0 Å². The standard InChI is InChI=1S/C14H22N2O/c1-3-16(4-2)11-5-10-15-14-8-6-13(12-17)7-9-14/h6-9,12,15H,3-5,10-11H2,1-2H3. The molecule has 0 heterocycles. The molecule has 0 aliphatic rings. The third-order valence-electron chi connectivity index (χ3n) is 2.92. The minimum absolute atomic E-state index is 0.721. The molecule has 0 atom stereocenters. The molecular formula is C14H22N2O. The molecule has 0 aliphatic carbocycles. The number of benzene rings is 1. The Kier molecular flexibility index (Phi) is 6.33. The van der Waals surface area contributed by atoms with E-state index in [1.165, 1.54) is 0 Å². The normalized spacial score (nSPS) is 10.5. The van der Waals surface area contributed by atoms with Crippen LogP contribution < -0.4 is 5.32 Å². The molecule has 0 saturated heterocycles. The van der Waals surface area contributed by atoms with E-state index in [1.54, 1.807) is 0 Å². The summed E-state index contributed by atoms with van der Waals surface area (Å²) in [5, 5.41) is 3.36. The molecule has 0 saturated carbocycles.